The van der Waals surface area contributed by atoms with Crippen LogP contribution in [-0.4, -0.2) is 29.1 Å². The van der Waals surface area contributed by atoms with Crippen molar-refractivity contribution in [2.45, 2.75) is 6.42 Å². The molecule has 78 valence electrons. The Hall–Kier alpha value is -1.35. The maximum Gasteiger partial charge on any atom is 0.257 e. The van der Waals surface area contributed by atoms with Crippen LogP contribution in [0.3, 0.4) is 0 Å². The fraction of sp³-hybridized carbons (Fsp3) is 0.273. The normalized spacial score (nSPS) is 15.3. The SMILES string of the molecule is O=C(CCl)N1CCC(c2ccccc2)=N1. The molecule has 0 saturated carbocycles. The van der Waals surface area contributed by atoms with E-state index in [0.29, 0.717) is 6.54 Å². The molecule has 1 heterocycles. The van der Waals surface area contributed by atoms with Crippen LogP contribution < -0.4 is 0 Å². The van der Waals surface area contributed by atoms with Gasteiger partial charge in [0.15, 0.2) is 0 Å². The van der Waals surface area contributed by atoms with Gasteiger partial charge in [-0.15, -0.1) is 11.6 Å². The van der Waals surface area contributed by atoms with Gasteiger partial charge in [-0.3, -0.25) is 4.79 Å². The number of amides is 1. The van der Waals surface area contributed by atoms with Crippen LogP contribution in [-0.2, 0) is 4.79 Å². The maximum atomic E-state index is 11.3. The zero-order valence-corrected chi connectivity index (χ0v) is 8.94. The standard InChI is InChI=1S/C11H11ClN2O/c12-8-11(15)14-7-6-10(13-14)9-4-2-1-3-5-9/h1-5H,6-8H2. The molecule has 0 spiro atoms. The molecule has 0 bridgehead atoms. The predicted molar refractivity (Wildman–Crippen MR) is 60.0 cm³/mol. The lowest BCUT2D eigenvalue weighted by Crippen LogP contribution is -2.24. The van der Waals surface area contributed by atoms with Crippen molar-refractivity contribution >= 4 is 23.2 Å². The van der Waals surface area contributed by atoms with Crippen LogP contribution >= 0.6 is 11.6 Å². The van der Waals surface area contributed by atoms with Crippen molar-refractivity contribution in [3.05, 3.63) is 35.9 Å². The Balaban J connectivity index is 2.17. The van der Waals surface area contributed by atoms with Crippen molar-refractivity contribution in [1.29, 1.82) is 0 Å². The van der Waals surface area contributed by atoms with Gasteiger partial charge in [0, 0.05) is 6.42 Å². The highest BCUT2D eigenvalue weighted by Crippen LogP contribution is 2.13. The van der Waals surface area contributed by atoms with Gasteiger partial charge in [0.05, 0.1) is 12.3 Å². The zero-order valence-electron chi connectivity index (χ0n) is 8.19. The summed E-state index contributed by atoms with van der Waals surface area (Å²) in [6, 6.07) is 9.87. The third-order valence-electron chi connectivity index (χ3n) is 2.31. The highest BCUT2D eigenvalue weighted by molar-refractivity contribution is 6.27. The van der Waals surface area contributed by atoms with Crippen LogP contribution in [0.15, 0.2) is 35.4 Å². The second-order valence-corrected chi connectivity index (χ2v) is 3.58. The van der Waals surface area contributed by atoms with E-state index in [-0.39, 0.29) is 11.8 Å². The number of hydrogen-bond acceptors (Lipinski definition) is 2. The van der Waals surface area contributed by atoms with E-state index in [4.69, 9.17) is 11.6 Å². The molecule has 1 aromatic rings. The van der Waals surface area contributed by atoms with Crippen LogP contribution in [0, 0.1) is 0 Å². The Morgan fingerprint density at radius 1 is 1.40 bits per heavy atom. The van der Waals surface area contributed by atoms with E-state index >= 15 is 0 Å². The minimum absolute atomic E-state index is 0.00836. The molecular weight excluding hydrogens is 212 g/mol. The van der Waals surface area contributed by atoms with E-state index in [1.54, 1.807) is 0 Å². The molecule has 0 radical (unpaired) electrons. The molecule has 0 aromatic heterocycles. The van der Waals surface area contributed by atoms with Crippen molar-refractivity contribution in [2.24, 2.45) is 5.10 Å². The topological polar surface area (TPSA) is 32.7 Å². The first-order chi connectivity index (χ1) is 7.31. The smallest absolute Gasteiger partial charge is 0.257 e. The Morgan fingerprint density at radius 3 is 2.80 bits per heavy atom. The first kappa shape index (κ1) is 10.2. The lowest BCUT2D eigenvalue weighted by molar-refractivity contribution is -0.128. The van der Waals surface area contributed by atoms with Crippen molar-refractivity contribution in [3.63, 3.8) is 0 Å². The Bertz CT molecular complexity index is 389. The number of carbonyl (C=O) groups excluding carboxylic acids is 1. The molecule has 3 nitrogen and oxygen atoms in total. The minimum atomic E-state index is -0.136. The second kappa shape index (κ2) is 4.45. The summed E-state index contributed by atoms with van der Waals surface area (Å²) in [4.78, 5) is 11.3. The molecule has 15 heavy (non-hydrogen) atoms. The number of alkyl halides is 1. The summed E-state index contributed by atoms with van der Waals surface area (Å²) in [5.74, 6) is -0.145. The third kappa shape index (κ3) is 2.18. The molecule has 0 fully saturated rings. The van der Waals surface area contributed by atoms with Crippen LogP contribution in [0.1, 0.15) is 12.0 Å². The van der Waals surface area contributed by atoms with Gasteiger partial charge in [-0.25, -0.2) is 5.01 Å². The molecule has 4 heteroatoms. The first-order valence-electron chi connectivity index (χ1n) is 4.80. The molecule has 1 aliphatic rings. The summed E-state index contributed by atoms with van der Waals surface area (Å²) >= 11 is 5.47. The van der Waals surface area contributed by atoms with Crippen molar-refractivity contribution < 1.29 is 4.79 Å². The first-order valence-corrected chi connectivity index (χ1v) is 5.34. The summed E-state index contributed by atoms with van der Waals surface area (Å²) in [6.07, 6.45) is 0.798. The van der Waals surface area contributed by atoms with Crippen LogP contribution in [0.2, 0.25) is 0 Å². The molecule has 2 rings (SSSR count). The molecule has 0 N–H and O–H groups in total. The van der Waals surface area contributed by atoms with Gasteiger partial charge in [0.2, 0.25) is 0 Å². The predicted octanol–water partition coefficient (Wildman–Crippen LogP) is 1.86. The number of nitrogens with zero attached hydrogens (tertiary/aromatic N) is 2. The van der Waals surface area contributed by atoms with E-state index < -0.39 is 0 Å². The summed E-state index contributed by atoms with van der Waals surface area (Å²) in [5, 5.41) is 5.68. The molecule has 1 amide bonds. The highest BCUT2D eigenvalue weighted by Gasteiger charge is 2.20. The number of hydrazone groups is 1. The lowest BCUT2D eigenvalue weighted by atomic mass is 10.1. The molecule has 0 atom stereocenters. The summed E-state index contributed by atoms with van der Waals surface area (Å²) in [6.45, 7) is 0.635. The highest BCUT2D eigenvalue weighted by atomic mass is 35.5. The largest absolute Gasteiger partial charge is 0.272 e. The van der Waals surface area contributed by atoms with Gasteiger partial charge >= 0.3 is 0 Å². The van der Waals surface area contributed by atoms with Crippen LogP contribution in [0.4, 0.5) is 0 Å². The third-order valence-corrected chi connectivity index (χ3v) is 2.54. The Labute approximate surface area is 93.3 Å². The molecule has 1 aliphatic heterocycles. The summed E-state index contributed by atoms with van der Waals surface area (Å²) < 4.78 is 0. The molecule has 1 aromatic carbocycles. The van der Waals surface area contributed by atoms with Gasteiger partial charge in [0.25, 0.3) is 5.91 Å². The van der Waals surface area contributed by atoms with E-state index in [1.165, 1.54) is 5.01 Å². The quantitative estimate of drug-likeness (QED) is 0.703. The number of carbonyl (C=O) groups is 1. The average Bonchev–Trinajstić information content (AvgIpc) is 2.78. The molecular formula is C11H11ClN2O. The van der Waals surface area contributed by atoms with Crippen molar-refractivity contribution in [1.82, 2.24) is 5.01 Å². The Kier molecular flexibility index (Phi) is 3.02. The lowest BCUT2D eigenvalue weighted by Gasteiger charge is -2.07. The van der Waals surface area contributed by atoms with Crippen LogP contribution in [0.5, 0.6) is 0 Å². The van der Waals surface area contributed by atoms with Gasteiger partial charge in [-0.05, 0) is 5.56 Å². The fourth-order valence-electron chi connectivity index (χ4n) is 1.54. The van der Waals surface area contributed by atoms with Gasteiger partial charge < -0.3 is 0 Å². The summed E-state index contributed by atoms with van der Waals surface area (Å²) in [7, 11) is 0. The van der Waals surface area contributed by atoms with E-state index in [1.807, 2.05) is 30.3 Å². The number of halogens is 1. The summed E-state index contributed by atoms with van der Waals surface area (Å²) in [5.41, 5.74) is 2.02. The molecule has 0 aliphatic carbocycles. The minimum Gasteiger partial charge on any atom is -0.272 e. The Morgan fingerprint density at radius 2 is 2.13 bits per heavy atom. The molecule has 0 saturated heterocycles. The number of hydrogen-bond donors (Lipinski definition) is 0. The fourth-order valence-corrected chi connectivity index (χ4v) is 1.68. The van der Waals surface area contributed by atoms with Gasteiger partial charge in [-0.2, -0.15) is 5.10 Å². The van der Waals surface area contributed by atoms with Crippen molar-refractivity contribution in [3.8, 4) is 0 Å². The van der Waals surface area contributed by atoms with E-state index in [0.717, 1.165) is 17.7 Å². The van der Waals surface area contributed by atoms with Crippen molar-refractivity contribution in [2.75, 3.05) is 12.4 Å². The van der Waals surface area contributed by atoms with Gasteiger partial charge in [-0.1, -0.05) is 30.3 Å². The van der Waals surface area contributed by atoms with Crippen LogP contribution in [0.25, 0.3) is 0 Å². The average molecular weight is 223 g/mol. The number of rotatable bonds is 2. The second-order valence-electron chi connectivity index (χ2n) is 3.31. The monoisotopic (exact) mass is 222 g/mol. The van der Waals surface area contributed by atoms with E-state index in [2.05, 4.69) is 5.10 Å². The maximum absolute atomic E-state index is 11.3. The molecule has 0 unspecified atom stereocenters. The van der Waals surface area contributed by atoms with E-state index in [9.17, 15) is 4.79 Å². The zero-order chi connectivity index (χ0) is 10.7. The number of benzene rings is 1. The van der Waals surface area contributed by atoms with Gasteiger partial charge in [0.1, 0.15) is 5.88 Å².